The summed E-state index contributed by atoms with van der Waals surface area (Å²) in [6.45, 7) is 0. The summed E-state index contributed by atoms with van der Waals surface area (Å²) in [6, 6.07) is 129. The molecule has 3 nitrogen and oxygen atoms in total. The summed E-state index contributed by atoms with van der Waals surface area (Å²) in [7, 11) is -6.24. The number of aromatic nitrogens is 3. The Hall–Kier alpha value is -10.7. The van der Waals surface area contributed by atoms with Crippen molar-refractivity contribution in [1.82, 2.24) is 15.0 Å². The molecule has 2 atom stereocenters. The molecule has 17 rings (SSSR count). The van der Waals surface area contributed by atoms with E-state index in [-0.39, 0.29) is 11.8 Å². The van der Waals surface area contributed by atoms with Gasteiger partial charge >= 0.3 is 0 Å². The fourth-order valence-corrected chi connectivity index (χ4v) is 24.8. The molecule has 2 bridgehead atoms. The molecule has 0 saturated heterocycles. The molecular formula is C83H59N3Si2. The summed E-state index contributed by atoms with van der Waals surface area (Å²) in [5, 5.41) is 10.6. The molecule has 0 radical (unpaired) electrons. The smallest absolute Gasteiger partial charge is 0.179 e. The Balaban J connectivity index is 0.952. The van der Waals surface area contributed by atoms with E-state index in [1.54, 1.807) is 0 Å². The van der Waals surface area contributed by atoms with Crippen molar-refractivity contribution in [2.75, 3.05) is 0 Å². The minimum absolute atomic E-state index is 0.0431. The molecule has 14 aromatic rings. The summed E-state index contributed by atoms with van der Waals surface area (Å²) in [5.41, 5.74) is 15.6. The highest BCUT2D eigenvalue weighted by atomic mass is 28.3. The minimum atomic E-state index is -3.32. The zero-order valence-electron chi connectivity index (χ0n) is 48.4. The highest BCUT2D eigenvalue weighted by Gasteiger charge is 2.50. The number of hydrogen-bond donors (Lipinski definition) is 0. The van der Waals surface area contributed by atoms with Crippen molar-refractivity contribution in [3.63, 3.8) is 0 Å². The van der Waals surface area contributed by atoms with Gasteiger partial charge in [-0.2, -0.15) is 0 Å². The third kappa shape index (κ3) is 8.72. The number of benzene rings is 13. The van der Waals surface area contributed by atoms with Crippen LogP contribution in [0.5, 0.6) is 0 Å². The third-order valence-corrected chi connectivity index (χ3v) is 28.1. The molecule has 88 heavy (non-hydrogen) atoms. The molecule has 414 valence electrons. The molecule has 3 aliphatic carbocycles. The second-order valence-electron chi connectivity index (χ2n) is 23.2. The van der Waals surface area contributed by atoms with Crippen LogP contribution in [0.15, 0.2) is 346 Å². The van der Waals surface area contributed by atoms with Crippen molar-refractivity contribution in [2.24, 2.45) is 0 Å². The summed E-state index contributed by atoms with van der Waals surface area (Å²) >= 11 is 0. The fourth-order valence-electron chi connectivity index (χ4n) is 14.9. The van der Waals surface area contributed by atoms with Crippen LogP contribution in [-0.4, -0.2) is 31.1 Å². The minimum Gasteiger partial charge on any atom is -0.208 e. The first-order valence-corrected chi connectivity index (χ1v) is 34.5. The maximum absolute atomic E-state index is 5.74. The number of nitrogens with zero attached hydrogens (tertiary/aromatic N) is 3. The van der Waals surface area contributed by atoms with Gasteiger partial charge in [0.25, 0.3) is 0 Å². The van der Waals surface area contributed by atoms with Crippen molar-refractivity contribution in [2.45, 2.75) is 11.8 Å². The van der Waals surface area contributed by atoms with E-state index in [9.17, 15) is 0 Å². The van der Waals surface area contributed by atoms with E-state index >= 15 is 0 Å². The van der Waals surface area contributed by atoms with Crippen LogP contribution in [0.1, 0.15) is 45.2 Å². The monoisotopic (exact) mass is 1150 g/mol. The van der Waals surface area contributed by atoms with Gasteiger partial charge in [0.1, 0.15) is 0 Å². The van der Waals surface area contributed by atoms with Crippen molar-refractivity contribution in [1.29, 1.82) is 0 Å². The molecule has 0 amide bonds. The lowest BCUT2D eigenvalue weighted by Gasteiger charge is -2.46. The van der Waals surface area contributed by atoms with E-state index in [4.69, 9.17) is 15.0 Å². The lowest BCUT2D eigenvalue weighted by Crippen LogP contribution is -2.75. The van der Waals surface area contributed by atoms with Gasteiger partial charge in [-0.3, -0.25) is 0 Å². The van der Waals surface area contributed by atoms with Crippen LogP contribution >= 0.6 is 0 Å². The maximum atomic E-state index is 5.74. The van der Waals surface area contributed by atoms with E-state index < -0.39 is 16.1 Å². The van der Waals surface area contributed by atoms with Crippen LogP contribution in [0.25, 0.3) is 56.4 Å². The first kappa shape index (κ1) is 52.8. The van der Waals surface area contributed by atoms with E-state index in [1.165, 1.54) is 97.1 Å². The fraction of sp³-hybridized carbons (Fsp3) is 0.0241. The molecule has 5 heteroatoms. The van der Waals surface area contributed by atoms with Crippen LogP contribution in [-0.2, 0) is 0 Å². The van der Waals surface area contributed by atoms with Crippen LogP contribution in [0.4, 0.5) is 0 Å². The summed E-state index contributed by atoms with van der Waals surface area (Å²) in [6.07, 6.45) is 0. The molecule has 1 heterocycles. The zero-order chi connectivity index (χ0) is 58.4. The SMILES string of the molecule is c1ccc(-c2cc(-c3ccccc3)cc([Si](c3ccccc3)(c3ccccc3)c3cccc4c3C3c5ccccc5C4c4cccc(-c5nc(-c6ccccc6)nc(-c6cccc([Si](c7ccccc7)(c7ccccc7)c7ccccc7)c6)n5)c43)c2)cc1. The Kier molecular flexibility index (Phi) is 13.4. The highest BCUT2D eigenvalue weighted by molar-refractivity contribution is 7.20. The Morgan fingerprint density at radius 3 is 1.05 bits per heavy atom. The first-order valence-electron chi connectivity index (χ1n) is 30.5. The Morgan fingerprint density at radius 1 is 0.205 bits per heavy atom. The zero-order valence-corrected chi connectivity index (χ0v) is 50.4. The molecule has 0 saturated carbocycles. The predicted molar refractivity (Wildman–Crippen MR) is 369 cm³/mol. The van der Waals surface area contributed by atoms with Gasteiger partial charge in [0, 0.05) is 28.5 Å². The summed E-state index contributed by atoms with van der Waals surface area (Å²) < 4.78 is 0. The Bertz CT molecular complexity index is 4640. The van der Waals surface area contributed by atoms with Crippen LogP contribution < -0.4 is 41.5 Å². The molecule has 1 aromatic heterocycles. The Labute approximate surface area is 516 Å². The number of hydrogen-bond acceptors (Lipinski definition) is 3. The molecule has 0 fully saturated rings. The second-order valence-corrected chi connectivity index (χ2v) is 30.8. The molecule has 0 aliphatic heterocycles. The van der Waals surface area contributed by atoms with Gasteiger partial charge in [0.2, 0.25) is 0 Å². The number of rotatable bonds is 13. The van der Waals surface area contributed by atoms with Crippen LogP contribution in [0, 0.1) is 0 Å². The van der Waals surface area contributed by atoms with Gasteiger partial charge in [-0.05, 0) is 103 Å². The van der Waals surface area contributed by atoms with E-state index in [0.29, 0.717) is 17.5 Å². The average molecular weight is 1150 g/mol. The average Bonchev–Trinajstić information content (AvgIpc) is 0.703. The third-order valence-electron chi connectivity index (χ3n) is 18.6. The molecule has 13 aromatic carbocycles. The summed E-state index contributed by atoms with van der Waals surface area (Å²) in [5.74, 6) is 1.72. The lowest BCUT2D eigenvalue weighted by atomic mass is 9.60. The quantitative estimate of drug-likeness (QED) is 0.0853. The van der Waals surface area contributed by atoms with Crippen molar-refractivity contribution < 1.29 is 0 Å². The van der Waals surface area contributed by atoms with Crippen molar-refractivity contribution >= 4 is 57.6 Å². The van der Waals surface area contributed by atoms with E-state index in [2.05, 4.69) is 346 Å². The largest absolute Gasteiger partial charge is 0.208 e. The van der Waals surface area contributed by atoms with Crippen molar-refractivity contribution in [3.8, 4) is 56.4 Å². The molecular weight excluding hydrogens is 1100 g/mol. The van der Waals surface area contributed by atoms with Gasteiger partial charge in [-0.1, -0.05) is 340 Å². The Morgan fingerprint density at radius 2 is 0.545 bits per heavy atom. The van der Waals surface area contributed by atoms with Gasteiger partial charge in [0.05, 0.1) is 0 Å². The van der Waals surface area contributed by atoms with E-state index in [1.807, 2.05) is 0 Å². The van der Waals surface area contributed by atoms with Gasteiger partial charge in [0.15, 0.2) is 33.6 Å². The van der Waals surface area contributed by atoms with Gasteiger partial charge in [-0.15, -0.1) is 0 Å². The van der Waals surface area contributed by atoms with Gasteiger partial charge in [-0.25, -0.2) is 15.0 Å². The van der Waals surface area contributed by atoms with Crippen LogP contribution in [0.2, 0.25) is 0 Å². The first-order chi connectivity index (χ1) is 43.7. The standard InChI is InChI=1S/C83H59N3Si2/c1-9-30-58(31-10-1)62-54-63(59-32-11-2-12-33-59)57-70(56-62)88(67-43-21-7-22-44-67,68-45-23-8-24-46-68)76-53-29-51-74-77-71-48-25-26-49-72(71)80(79(74)76)78-73(77)50-28-52-75(78)83-85-81(60-34-13-3-14-35-60)84-82(86-83)61-36-27-47-69(55-61)87(64-37-15-4-16-38-64,65-39-17-5-18-40-65)66-41-19-6-20-42-66/h1-57,77,80H. The normalized spacial score (nSPS) is 13.9. The lowest BCUT2D eigenvalue weighted by molar-refractivity contribution is 0.758. The molecule has 3 aliphatic rings. The van der Waals surface area contributed by atoms with Crippen LogP contribution in [0.3, 0.4) is 0 Å². The second kappa shape index (κ2) is 22.3. The van der Waals surface area contributed by atoms with E-state index in [0.717, 1.165) is 16.7 Å². The summed E-state index contributed by atoms with van der Waals surface area (Å²) in [4.78, 5) is 16.8. The highest BCUT2D eigenvalue weighted by Crippen LogP contribution is 2.57. The molecule has 0 N–H and O–H groups in total. The maximum Gasteiger partial charge on any atom is 0.179 e. The topological polar surface area (TPSA) is 38.7 Å². The van der Waals surface area contributed by atoms with Crippen molar-refractivity contribution in [3.05, 3.63) is 379 Å². The van der Waals surface area contributed by atoms with Gasteiger partial charge < -0.3 is 0 Å². The molecule has 0 spiro atoms. The predicted octanol–water partition coefficient (Wildman–Crippen LogP) is 13.9. The molecule has 2 unspecified atom stereocenters.